The van der Waals surface area contributed by atoms with Crippen molar-refractivity contribution < 1.29 is 0 Å². The zero-order valence-corrected chi connectivity index (χ0v) is 11.8. The predicted molar refractivity (Wildman–Crippen MR) is 80.4 cm³/mol. The van der Waals surface area contributed by atoms with E-state index in [0.717, 1.165) is 23.4 Å². The van der Waals surface area contributed by atoms with Crippen molar-refractivity contribution in [2.45, 2.75) is 11.4 Å². The van der Waals surface area contributed by atoms with Crippen molar-refractivity contribution in [3.63, 3.8) is 0 Å². The van der Waals surface area contributed by atoms with Crippen molar-refractivity contribution in [3.8, 4) is 0 Å². The van der Waals surface area contributed by atoms with E-state index >= 15 is 0 Å². The molecule has 2 heterocycles. The zero-order valence-electron chi connectivity index (χ0n) is 11.0. The Morgan fingerprint density at radius 3 is 2.79 bits per heavy atom. The molecule has 2 aromatic heterocycles. The second kappa shape index (κ2) is 4.66. The second-order valence-electron chi connectivity index (χ2n) is 4.58. The Labute approximate surface area is 116 Å². The lowest BCUT2D eigenvalue weighted by Crippen LogP contribution is -2.00. The van der Waals surface area contributed by atoms with E-state index < -0.39 is 0 Å². The SMILES string of the molecule is CSc1cc(N)cc2c1ccn2Cc1ccn(C)n1. The lowest BCUT2D eigenvalue weighted by atomic mass is 10.2. The van der Waals surface area contributed by atoms with Crippen LogP contribution in [-0.2, 0) is 13.6 Å². The molecule has 0 aliphatic heterocycles. The van der Waals surface area contributed by atoms with Gasteiger partial charge in [-0.05, 0) is 30.5 Å². The summed E-state index contributed by atoms with van der Waals surface area (Å²) in [6, 6.07) is 8.23. The van der Waals surface area contributed by atoms with E-state index in [1.165, 1.54) is 10.3 Å². The molecule has 0 saturated heterocycles. The summed E-state index contributed by atoms with van der Waals surface area (Å²) < 4.78 is 4.01. The smallest absolute Gasteiger partial charge is 0.0821 e. The minimum absolute atomic E-state index is 0.765. The minimum atomic E-state index is 0.765. The van der Waals surface area contributed by atoms with Gasteiger partial charge in [-0.15, -0.1) is 11.8 Å². The molecular formula is C14H16N4S. The highest BCUT2D eigenvalue weighted by atomic mass is 32.2. The number of rotatable bonds is 3. The molecule has 2 N–H and O–H groups in total. The van der Waals surface area contributed by atoms with Crippen LogP contribution in [0.3, 0.4) is 0 Å². The number of aromatic nitrogens is 3. The van der Waals surface area contributed by atoms with Crippen LogP contribution in [0, 0.1) is 0 Å². The van der Waals surface area contributed by atoms with Gasteiger partial charge in [0, 0.05) is 35.4 Å². The van der Waals surface area contributed by atoms with E-state index in [2.05, 4.69) is 28.2 Å². The number of hydrogen-bond donors (Lipinski definition) is 1. The molecule has 0 aliphatic rings. The Kier molecular flexibility index (Phi) is 2.98. The molecule has 0 radical (unpaired) electrons. The van der Waals surface area contributed by atoms with E-state index in [1.54, 1.807) is 11.8 Å². The van der Waals surface area contributed by atoms with Crippen molar-refractivity contribution in [3.05, 3.63) is 42.4 Å². The summed E-state index contributed by atoms with van der Waals surface area (Å²) in [4.78, 5) is 1.22. The number of thioether (sulfide) groups is 1. The van der Waals surface area contributed by atoms with Gasteiger partial charge in [-0.2, -0.15) is 5.10 Å². The van der Waals surface area contributed by atoms with Gasteiger partial charge in [0.25, 0.3) is 0 Å². The predicted octanol–water partition coefficient (Wildman–Crippen LogP) is 2.73. The molecule has 3 rings (SSSR count). The van der Waals surface area contributed by atoms with Gasteiger partial charge in [0.2, 0.25) is 0 Å². The Bertz CT molecular complexity index is 726. The van der Waals surface area contributed by atoms with E-state index in [0.29, 0.717) is 0 Å². The third-order valence-electron chi connectivity index (χ3n) is 3.19. The van der Waals surface area contributed by atoms with Gasteiger partial charge < -0.3 is 10.3 Å². The van der Waals surface area contributed by atoms with Crippen LogP contribution >= 0.6 is 11.8 Å². The summed E-state index contributed by atoms with van der Waals surface area (Å²) in [7, 11) is 1.93. The third-order valence-corrected chi connectivity index (χ3v) is 3.97. The molecule has 4 nitrogen and oxygen atoms in total. The quantitative estimate of drug-likeness (QED) is 0.589. The lowest BCUT2D eigenvalue weighted by Gasteiger charge is -2.06. The third kappa shape index (κ3) is 2.21. The number of benzene rings is 1. The van der Waals surface area contributed by atoms with Crippen LogP contribution in [0.5, 0.6) is 0 Å². The summed E-state index contributed by atoms with van der Waals surface area (Å²) >= 11 is 1.72. The van der Waals surface area contributed by atoms with Crippen molar-refractivity contribution in [1.29, 1.82) is 0 Å². The number of aryl methyl sites for hydroxylation is 1. The van der Waals surface area contributed by atoms with Crippen molar-refractivity contribution in [2.75, 3.05) is 12.0 Å². The molecule has 5 heteroatoms. The Morgan fingerprint density at radius 1 is 1.26 bits per heavy atom. The number of nitrogens with two attached hydrogens (primary N) is 1. The van der Waals surface area contributed by atoms with Crippen LogP contribution in [0.1, 0.15) is 5.69 Å². The van der Waals surface area contributed by atoms with Gasteiger partial charge in [0.05, 0.1) is 17.8 Å². The fraction of sp³-hybridized carbons (Fsp3) is 0.214. The first-order chi connectivity index (χ1) is 9.17. The van der Waals surface area contributed by atoms with Crippen molar-refractivity contribution in [2.24, 2.45) is 7.05 Å². The van der Waals surface area contributed by atoms with Crippen LogP contribution in [0.25, 0.3) is 10.9 Å². The minimum Gasteiger partial charge on any atom is -0.399 e. The maximum Gasteiger partial charge on any atom is 0.0821 e. The van der Waals surface area contributed by atoms with Gasteiger partial charge in [-0.25, -0.2) is 0 Å². The number of fused-ring (bicyclic) bond motifs is 1. The first kappa shape index (κ1) is 12.2. The standard InChI is InChI=1S/C14H16N4S/c1-17-5-3-11(16-17)9-18-6-4-12-13(18)7-10(15)8-14(12)19-2/h3-8H,9,15H2,1-2H3. The van der Waals surface area contributed by atoms with E-state index in [9.17, 15) is 0 Å². The molecule has 0 spiro atoms. The Balaban J connectivity index is 2.07. The fourth-order valence-corrected chi connectivity index (χ4v) is 2.96. The van der Waals surface area contributed by atoms with Crippen LogP contribution < -0.4 is 5.73 Å². The van der Waals surface area contributed by atoms with Gasteiger partial charge in [-0.3, -0.25) is 4.68 Å². The first-order valence-corrected chi connectivity index (χ1v) is 7.31. The van der Waals surface area contributed by atoms with Crippen LogP contribution in [-0.4, -0.2) is 20.6 Å². The lowest BCUT2D eigenvalue weighted by molar-refractivity contribution is 0.716. The number of nitrogens with zero attached hydrogens (tertiary/aromatic N) is 3. The highest BCUT2D eigenvalue weighted by molar-refractivity contribution is 7.98. The average molecular weight is 272 g/mol. The molecule has 0 amide bonds. The van der Waals surface area contributed by atoms with Crippen molar-refractivity contribution in [1.82, 2.24) is 14.3 Å². The van der Waals surface area contributed by atoms with E-state index in [4.69, 9.17) is 5.73 Å². The van der Waals surface area contributed by atoms with Crippen LogP contribution in [0.4, 0.5) is 5.69 Å². The molecule has 0 bridgehead atoms. The largest absolute Gasteiger partial charge is 0.399 e. The van der Waals surface area contributed by atoms with Gasteiger partial charge in [0.1, 0.15) is 0 Å². The maximum absolute atomic E-state index is 5.98. The topological polar surface area (TPSA) is 48.8 Å². The molecule has 98 valence electrons. The molecule has 0 atom stereocenters. The Morgan fingerprint density at radius 2 is 2.11 bits per heavy atom. The number of hydrogen-bond acceptors (Lipinski definition) is 3. The highest BCUT2D eigenvalue weighted by Gasteiger charge is 2.08. The fourth-order valence-electron chi connectivity index (χ4n) is 2.31. The molecule has 0 aliphatic carbocycles. The molecule has 0 unspecified atom stereocenters. The average Bonchev–Trinajstić information content (AvgIpc) is 2.96. The summed E-state index contributed by atoms with van der Waals surface area (Å²) in [6.07, 6.45) is 6.13. The van der Waals surface area contributed by atoms with Gasteiger partial charge in [0.15, 0.2) is 0 Å². The van der Waals surface area contributed by atoms with Crippen LogP contribution in [0.15, 0.2) is 41.6 Å². The monoisotopic (exact) mass is 272 g/mol. The number of nitrogen functional groups attached to an aromatic ring is 1. The van der Waals surface area contributed by atoms with E-state index in [1.807, 2.05) is 36.1 Å². The van der Waals surface area contributed by atoms with Gasteiger partial charge in [-0.1, -0.05) is 0 Å². The molecule has 3 aromatic rings. The molecule has 0 fully saturated rings. The molecule has 19 heavy (non-hydrogen) atoms. The summed E-state index contributed by atoms with van der Waals surface area (Å²) in [5, 5.41) is 5.66. The maximum atomic E-state index is 5.98. The van der Waals surface area contributed by atoms with Crippen LogP contribution in [0.2, 0.25) is 0 Å². The summed E-state index contributed by atoms with van der Waals surface area (Å²) in [6.45, 7) is 0.765. The van der Waals surface area contributed by atoms with Gasteiger partial charge >= 0.3 is 0 Å². The first-order valence-electron chi connectivity index (χ1n) is 6.08. The highest BCUT2D eigenvalue weighted by Crippen LogP contribution is 2.30. The molecule has 1 aromatic carbocycles. The second-order valence-corrected chi connectivity index (χ2v) is 5.43. The molecular weight excluding hydrogens is 256 g/mol. The zero-order chi connectivity index (χ0) is 13.4. The van der Waals surface area contributed by atoms with Crippen molar-refractivity contribution >= 4 is 28.4 Å². The normalized spacial score (nSPS) is 11.3. The Hall–Kier alpha value is -1.88. The summed E-state index contributed by atoms with van der Waals surface area (Å²) in [5.41, 5.74) is 8.99. The molecule has 0 saturated carbocycles. The number of anilines is 1. The summed E-state index contributed by atoms with van der Waals surface area (Å²) in [5.74, 6) is 0. The van der Waals surface area contributed by atoms with E-state index in [-0.39, 0.29) is 0 Å².